The Labute approximate surface area is 270 Å². The van der Waals surface area contributed by atoms with Crippen molar-refractivity contribution < 1.29 is 13.7 Å². The fourth-order valence-electron chi connectivity index (χ4n) is 5.58. The Bertz CT molecular complexity index is 1470. The van der Waals surface area contributed by atoms with Crippen molar-refractivity contribution in [3.8, 4) is 11.3 Å². The van der Waals surface area contributed by atoms with Crippen LogP contribution >= 0.6 is 15.9 Å². The van der Waals surface area contributed by atoms with E-state index in [9.17, 15) is 0 Å². The quantitative estimate of drug-likeness (QED) is 0.213. The maximum absolute atomic E-state index is 6.81. The predicted octanol–water partition coefficient (Wildman–Crippen LogP) is 9.50. The minimum atomic E-state index is -1.89. The number of nitrogens with zero attached hydrogens (tertiary/aromatic N) is 2. The molecule has 0 amide bonds. The van der Waals surface area contributed by atoms with Gasteiger partial charge in [-0.3, -0.25) is 4.98 Å². The molecule has 3 heterocycles. The maximum Gasteiger partial charge on any atom is 0.496 e. The average Bonchev–Trinajstić information content (AvgIpc) is 3.29. The second-order valence-corrected chi connectivity index (χ2v) is 21.8. The molecule has 0 unspecified atom stereocenters. The van der Waals surface area contributed by atoms with Gasteiger partial charge in [-0.25, -0.2) is 0 Å². The van der Waals surface area contributed by atoms with Crippen molar-refractivity contribution in [2.24, 2.45) is 5.41 Å². The number of hydrogen-bond acceptors (Lipinski definition) is 4. The van der Waals surface area contributed by atoms with Crippen LogP contribution in [0, 0.1) is 5.41 Å². The zero-order valence-corrected chi connectivity index (χ0v) is 31.7. The van der Waals surface area contributed by atoms with Crippen molar-refractivity contribution in [3.63, 3.8) is 0 Å². The lowest BCUT2D eigenvalue weighted by Gasteiger charge is -2.39. The van der Waals surface area contributed by atoms with Crippen LogP contribution in [-0.2, 0) is 26.7 Å². The van der Waals surface area contributed by atoms with Gasteiger partial charge in [0, 0.05) is 45.8 Å². The molecule has 43 heavy (non-hydrogen) atoms. The number of fused-ring (bicyclic) bond motifs is 1. The van der Waals surface area contributed by atoms with E-state index in [1.807, 2.05) is 6.20 Å². The van der Waals surface area contributed by atoms with Crippen LogP contribution in [-0.4, -0.2) is 42.8 Å². The molecule has 0 saturated carbocycles. The first kappa shape index (κ1) is 34.4. The number of hydrogen-bond donors (Lipinski definition) is 0. The Morgan fingerprint density at radius 2 is 1.63 bits per heavy atom. The molecule has 0 bridgehead atoms. The van der Waals surface area contributed by atoms with Crippen LogP contribution in [0.4, 0.5) is 0 Å². The minimum absolute atomic E-state index is 0.0752. The fraction of sp³-hybridized carbons (Fsp3) is 0.629. The molecule has 3 aromatic rings. The standard InChI is InChI=1S/C35H54BBrN2O3Si/c1-15-39-29-17-16-25(37)19-26(29)28(20-33(7,8)22-40-43(13,14)32(4,5)6)31(39)27-18-24(21-38-30(27)23(2)3)36-41-34(9,10)35(11,12)42-36/h16-19,21,23H,15,20,22H2,1-14H3. The Hall–Kier alpha value is -1.45. The summed E-state index contributed by atoms with van der Waals surface area (Å²) >= 11 is 3.78. The van der Waals surface area contributed by atoms with Crippen LogP contribution in [0.5, 0.6) is 0 Å². The monoisotopic (exact) mass is 668 g/mol. The Balaban J connectivity index is 1.90. The van der Waals surface area contributed by atoms with Gasteiger partial charge in [0.25, 0.3) is 0 Å². The van der Waals surface area contributed by atoms with Crippen LogP contribution in [0.1, 0.15) is 100 Å². The molecule has 0 aliphatic carbocycles. The smallest absolute Gasteiger partial charge is 0.416 e. The molecule has 2 aromatic heterocycles. The molecule has 0 radical (unpaired) electrons. The van der Waals surface area contributed by atoms with E-state index in [1.165, 1.54) is 22.2 Å². The topological polar surface area (TPSA) is 45.5 Å². The van der Waals surface area contributed by atoms with Crippen molar-refractivity contribution >= 4 is 47.7 Å². The lowest BCUT2D eigenvalue weighted by molar-refractivity contribution is 0.00578. The normalized spacial score (nSPS) is 17.4. The first-order chi connectivity index (χ1) is 19.6. The second-order valence-electron chi connectivity index (χ2n) is 16.1. The van der Waals surface area contributed by atoms with Crippen LogP contribution in [0.25, 0.3) is 22.2 Å². The number of halogens is 1. The first-order valence-corrected chi connectivity index (χ1v) is 19.6. The minimum Gasteiger partial charge on any atom is -0.416 e. The van der Waals surface area contributed by atoms with Gasteiger partial charge in [0.2, 0.25) is 0 Å². The van der Waals surface area contributed by atoms with Crippen molar-refractivity contribution in [3.05, 3.63) is 46.2 Å². The van der Waals surface area contributed by atoms with Gasteiger partial charge < -0.3 is 18.3 Å². The van der Waals surface area contributed by atoms with Gasteiger partial charge in [-0.15, -0.1) is 0 Å². The third-order valence-corrected chi connectivity index (χ3v) is 15.0. The molecule has 1 saturated heterocycles. The third-order valence-electron chi connectivity index (χ3n) is 10.00. The zero-order valence-electron chi connectivity index (χ0n) is 29.2. The highest BCUT2D eigenvalue weighted by Gasteiger charge is 2.52. The number of aryl methyl sites for hydroxylation is 1. The molecule has 0 atom stereocenters. The second kappa shape index (κ2) is 11.7. The Morgan fingerprint density at radius 1 is 1.02 bits per heavy atom. The largest absolute Gasteiger partial charge is 0.496 e. The summed E-state index contributed by atoms with van der Waals surface area (Å²) in [6.45, 7) is 33.0. The number of rotatable bonds is 9. The summed E-state index contributed by atoms with van der Waals surface area (Å²) in [5, 5.41) is 1.45. The van der Waals surface area contributed by atoms with Crippen LogP contribution in [0.15, 0.2) is 34.9 Å². The number of aromatic nitrogens is 2. The molecule has 1 aliphatic heterocycles. The van der Waals surface area contributed by atoms with Crippen LogP contribution < -0.4 is 5.46 Å². The van der Waals surface area contributed by atoms with Gasteiger partial charge in [-0.05, 0) is 100 Å². The van der Waals surface area contributed by atoms with Gasteiger partial charge in [0.1, 0.15) is 0 Å². The van der Waals surface area contributed by atoms with Gasteiger partial charge in [0.05, 0.1) is 22.6 Å². The highest BCUT2D eigenvalue weighted by Crippen LogP contribution is 2.43. The highest BCUT2D eigenvalue weighted by molar-refractivity contribution is 9.10. The molecule has 0 N–H and O–H groups in total. The lowest BCUT2D eigenvalue weighted by atomic mass is 9.78. The van der Waals surface area contributed by atoms with Gasteiger partial charge in [-0.2, -0.15) is 0 Å². The van der Waals surface area contributed by atoms with Gasteiger partial charge >= 0.3 is 7.12 Å². The summed E-state index contributed by atoms with van der Waals surface area (Å²) in [4.78, 5) is 5.09. The van der Waals surface area contributed by atoms with E-state index in [4.69, 9.17) is 18.7 Å². The molecule has 1 aromatic carbocycles. The summed E-state index contributed by atoms with van der Waals surface area (Å²) in [6.07, 6.45) is 2.84. The molecule has 236 valence electrons. The van der Waals surface area contributed by atoms with Gasteiger partial charge in [0.15, 0.2) is 8.32 Å². The van der Waals surface area contributed by atoms with Gasteiger partial charge in [-0.1, -0.05) is 64.4 Å². The molecule has 1 aliphatic rings. The summed E-state index contributed by atoms with van der Waals surface area (Å²) < 4.78 is 23.3. The van der Waals surface area contributed by atoms with E-state index in [0.717, 1.165) is 40.8 Å². The fourth-order valence-corrected chi connectivity index (χ4v) is 7.13. The van der Waals surface area contributed by atoms with E-state index in [1.54, 1.807) is 0 Å². The molecule has 4 rings (SSSR count). The SMILES string of the molecule is CCn1c(-c2cc(B3OC(C)(C)C(C)(C)O3)cnc2C(C)C)c(CC(C)(C)CO[Si](C)(C)C(C)(C)C)c2cc(Br)ccc21. The Kier molecular flexibility index (Phi) is 9.39. The van der Waals surface area contributed by atoms with E-state index in [-0.39, 0.29) is 16.4 Å². The van der Waals surface area contributed by atoms with Crippen molar-refractivity contribution in [2.75, 3.05) is 6.61 Å². The summed E-state index contributed by atoms with van der Waals surface area (Å²) in [5.41, 5.74) is 6.12. The summed E-state index contributed by atoms with van der Waals surface area (Å²) in [7, 11) is -2.36. The van der Waals surface area contributed by atoms with E-state index in [0.29, 0.717) is 0 Å². The molecular weight excluding hydrogens is 615 g/mol. The van der Waals surface area contributed by atoms with E-state index in [2.05, 4.69) is 141 Å². The summed E-state index contributed by atoms with van der Waals surface area (Å²) in [5.74, 6) is 0.250. The van der Waals surface area contributed by atoms with Crippen molar-refractivity contribution in [1.29, 1.82) is 0 Å². The average molecular weight is 670 g/mol. The first-order valence-electron chi connectivity index (χ1n) is 15.9. The van der Waals surface area contributed by atoms with Crippen molar-refractivity contribution in [1.82, 2.24) is 9.55 Å². The maximum atomic E-state index is 6.81. The molecule has 1 fully saturated rings. The van der Waals surface area contributed by atoms with Crippen molar-refractivity contribution in [2.45, 2.75) is 131 Å². The Morgan fingerprint density at radius 3 is 2.16 bits per heavy atom. The van der Waals surface area contributed by atoms with Crippen LogP contribution in [0.2, 0.25) is 18.1 Å². The third kappa shape index (κ3) is 6.74. The van der Waals surface area contributed by atoms with E-state index >= 15 is 0 Å². The molecule has 0 spiro atoms. The molecular formula is C35H54BBrN2O3Si. The highest BCUT2D eigenvalue weighted by atomic mass is 79.9. The summed E-state index contributed by atoms with van der Waals surface area (Å²) in [6, 6.07) is 8.96. The number of benzene rings is 1. The number of pyridine rings is 1. The molecule has 5 nitrogen and oxygen atoms in total. The molecule has 8 heteroatoms. The van der Waals surface area contributed by atoms with E-state index < -0.39 is 26.6 Å². The van der Waals surface area contributed by atoms with Crippen LogP contribution in [0.3, 0.4) is 0 Å². The predicted molar refractivity (Wildman–Crippen MR) is 189 cm³/mol. The lowest BCUT2D eigenvalue weighted by Crippen LogP contribution is -2.43. The zero-order chi connectivity index (χ0) is 32.3.